The second kappa shape index (κ2) is 5.48. The number of carboxylic acid groups (broad SMARTS) is 1. The van der Waals surface area contributed by atoms with Crippen molar-refractivity contribution >= 4 is 23.2 Å². The molecule has 1 heterocycles. The zero-order valence-electron chi connectivity index (χ0n) is 11.0. The second-order valence-electron chi connectivity index (χ2n) is 5.18. The van der Waals surface area contributed by atoms with Gasteiger partial charge in [0.2, 0.25) is 5.91 Å². The van der Waals surface area contributed by atoms with Gasteiger partial charge in [0, 0.05) is 17.7 Å². The minimum absolute atomic E-state index is 0.0765. The highest BCUT2D eigenvalue weighted by Crippen LogP contribution is 2.28. The number of nitrogens with zero attached hydrogens (tertiary/aromatic N) is 1. The van der Waals surface area contributed by atoms with Crippen LogP contribution in [-0.4, -0.2) is 22.0 Å². The van der Waals surface area contributed by atoms with Crippen LogP contribution in [0.2, 0.25) is 0 Å². The Labute approximate surface area is 110 Å². The lowest BCUT2D eigenvalue weighted by Gasteiger charge is -2.15. The van der Waals surface area contributed by atoms with E-state index in [9.17, 15) is 9.59 Å². The molecule has 18 heavy (non-hydrogen) atoms. The van der Waals surface area contributed by atoms with Crippen LogP contribution >= 0.6 is 11.3 Å². The van der Waals surface area contributed by atoms with E-state index in [1.807, 2.05) is 26.2 Å². The first kappa shape index (κ1) is 14.6. The predicted molar refractivity (Wildman–Crippen MR) is 69.6 cm³/mol. The van der Waals surface area contributed by atoms with Crippen molar-refractivity contribution in [1.29, 1.82) is 0 Å². The molecule has 1 unspecified atom stereocenters. The van der Waals surface area contributed by atoms with Gasteiger partial charge >= 0.3 is 5.97 Å². The van der Waals surface area contributed by atoms with Crippen molar-refractivity contribution in [2.45, 2.75) is 45.6 Å². The van der Waals surface area contributed by atoms with Gasteiger partial charge in [0.15, 0.2) is 0 Å². The van der Waals surface area contributed by atoms with E-state index in [0.29, 0.717) is 5.69 Å². The third-order valence-electron chi connectivity index (χ3n) is 2.28. The van der Waals surface area contributed by atoms with Crippen molar-refractivity contribution in [1.82, 2.24) is 10.3 Å². The number of rotatable bonds is 4. The van der Waals surface area contributed by atoms with E-state index in [1.165, 1.54) is 18.3 Å². The SMILES string of the molecule is CC(=O)NC(CC(=O)O)c1csc(C(C)(C)C)n1. The molecule has 0 aliphatic heterocycles. The molecule has 0 aliphatic rings. The van der Waals surface area contributed by atoms with Crippen LogP contribution in [0.3, 0.4) is 0 Å². The van der Waals surface area contributed by atoms with E-state index in [0.717, 1.165) is 5.01 Å². The number of carbonyl (C=O) groups is 2. The van der Waals surface area contributed by atoms with Crippen LogP contribution in [-0.2, 0) is 15.0 Å². The Hall–Kier alpha value is -1.43. The van der Waals surface area contributed by atoms with Gasteiger partial charge in [-0.15, -0.1) is 11.3 Å². The van der Waals surface area contributed by atoms with Crippen LogP contribution in [0.1, 0.15) is 50.9 Å². The minimum atomic E-state index is -0.959. The number of thiazole rings is 1. The molecule has 0 aromatic carbocycles. The summed E-state index contributed by atoms with van der Waals surface area (Å²) in [5.41, 5.74) is 0.537. The summed E-state index contributed by atoms with van der Waals surface area (Å²) in [6.45, 7) is 7.49. The number of amides is 1. The van der Waals surface area contributed by atoms with Gasteiger partial charge < -0.3 is 10.4 Å². The number of hydrogen-bond donors (Lipinski definition) is 2. The molecular weight excluding hydrogens is 252 g/mol. The summed E-state index contributed by atoms with van der Waals surface area (Å²) in [7, 11) is 0. The van der Waals surface area contributed by atoms with Gasteiger partial charge in [0.05, 0.1) is 23.2 Å². The zero-order valence-corrected chi connectivity index (χ0v) is 11.8. The first-order chi connectivity index (χ1) is 8.20. The number of aliphatic carboxylic acids is 1. The van der Waals surface area contributed by atoms with Crippen LogP contribution in [0.25, 0.3) is 0 Å². The predicted octanol–water partition coefficient (Wildman–Crippen LogP) is 2.09. The lowest BCUT2D eigenvalue weighted by Crippen LogP contribution is -2.28. The van der Waals surface area contributed by atoms with Gasteiger partial charge in [0.1, 0.15) is 0 Å². The Kier molecular flexibility index (Phi) is 4.45. The number of nitrogens with one attached hydrogen (secondary N) is 1. The van der Waals surface area contributed by atoms with Gasteiger partial charge in [-0.3, -0.25) is 9.59 Å². The zero-order chi connectivity index (χ0) is 13.9. The largest absolute Gasteiger partial charge is 0.481 e. The highest BCUT2D eigenvalue weighted by atomic mass is 32.1. The van der Waals surface area contributed by atoms with E-state index in [1.54, 1.807) is 0 Å². The fourth-order valence-corrected chi connectivity index (χ4v) is 2.40. The fraction of sp³-hybridized carbons (Fsp3) is 0.583. The lowest BCUT2D eigenvalue weighted by molar-refractivity contribution is -0.137. The molecule has 0 radical (unpaired) electrons. The molecule has 0 saturated carbocycles. The fourth-order valence-electron chi connectivity index (χ4n) is 1.44. The summed E-state index contributed by atoms with van der Waals surface area (Å²) in [5, 5.41) is 14.2. The van der Waals surface area contributed by atoms with E-state index in [4.69, 9.17) is 5.11 Å². The van der Waals surface area contributed by atoms with Gasteiger partial charge in [-0.1, -0.05) is 20.8 Å². The van der Waals surface area contributed by atoms with Crippen LogP contribution in [0, 0.1) is 0 Å². The third kappa shape index (κ3) is 4.10. The Morgan fingerprint density at radius 2 is 2.11 bits per heavy atom. The Morgan fingerprint density at radius 3 is 2.50 bits per heavy atom. The maximum atomic E-state index is 11.1. The van der Waals surface area contributed by atoms with Crippen LogP contribution < -0.4 is 5.32 Å². The van der Waals surface area contributed by atoms with E-state index in [2.05, 4.69) is 10.3 Å². The molecule has 0 aliphatic carbocycles. The maximum Gasteiger partial charge on any atom is 0.305 e. The number of hydrogen-bond acceptors (Lipinski definition) is 4. The molecule has 0 fully saturated rings. The maximum absolute atomic E-state index is 11.1. The molecule has 0 bridgehead atoms. The molecule has 100 valence electrons. The summed E-state index contributed by atoms with van der Waals surface area (Å²) in [6, 6.07) is -0.563. The van der Waals surface area contributed by atoms with Crippen molar-refractivity contribution in [3.8, 4) is 0 Å². The molecular formula is C12H18N2O3S. The Bertz CT molecular complexity index is 432. The number of carboxylic acids is 1. The molecule has 0 saturated heterocycles. The molecule has 5 nitrogen and oxygen atoms in total. The van der Waals surface area contributed by atoms with E-state index >= 15 is 0 Å². The van der Waals surface area contributed by atoms with Crippen molar-refractivity contribution in [3.63, 3.8) is 0 Å². The van der Waals surface area contributed by atoms with E-state index in [-0.39, 0.29) is 17.7 Å². The molecule has 1 amide bonds. The molecule has 1 aromatic heterocycles. The van der Waals surface area contributed by atoms with Gasteiger partial charge in [-0.25, -0.2) is 4.98 Å². The second-order valence-corrected chi connectivity index (χ2v) is 6.04. The lowest BCUT2D eigenvalue weighted by atomic mass is 9.98. The summed E-state index contributed by atoms with van der Waals surface area (Å²) >= 11 is 1.48. The third-order valence-corrected chi connectivity index (χ3v) is 3.56. The quantitative estimate of drug-likeness (QED) is 0.878. The standard InChI is InChI=1S/C12H18N2O3S/c1-7(15)13-8(5-10(16)17)9-6-18-11(14-9)12(2,3)4/h6,8H,5H2,1-4H3,(H,13,15)(H,16,17). The van der Waals surface area contributed by atoms with Gasteiger partial charge in [-0.05, 0) is 0 Å². The normalized spacial score (nSPS) is 13.1. The van der Waals surface area contributed by atoms with Gasteiger partial charge in [-0.2, -0.15) is 0 Å². The van der Waals surface area contributed by atoms with Crippen molar-refractivity contribution in [3.05, 3.63) is 16.1 Å². The summed E-state index contributed by atoms with van der Waals surface area (Å²) in [5.74, 6) is -1.22. The Morgan fingerprint density at radius 1 is 1.50 bits per heavy atom. The monoisotopic (exact) mass is 270 g/mol. The van der Waals surface area contributed by atoms with Crippen molar-refractivity contribution in [2.24, 2.45) is 0 Å². The molecule has 1 atom stereocenters. The van der Waals surface area contributed by atoms with Crippen molar-refractivity contribution in [2.75, 3.05) is 0 Å². The van der Waals surface area contributed by atoms with E-state index < -0.39 is 12.0 Å². The molecule has 1 aromatic rings. The molecule has 0 spiro atoms. The van der Waals surface area contributed by atoms with Crippen LogP contribution in [0.15, 0.2) is 5.38 Å². The first-order valence-electron chi connectivity index (χ1n) is 5.65. The van der Waals surface area contributed by atoms with Crippen molar-refractivity contribution < 1.29 is 14.7 Å². The summed E-state index contributed by atoms with van der Waals surface area (Å²) < 4.78 is 0. The molecule has 2 N–H and O–H groups in total. The van der Waals surface area contributed by atoms with Crippen LogP contribution in [0.5, 0.6) is 0 Å². The van der Waals surface area contributed by atoms with Gasteiger partial charge in [0.25, 0.3) is 0 Å². The smallest absolute Gasteiger partial charge is 0.305 e. The molecule has 6 heteroatoms. The minimum Gasteiger partial charge on any atom is -0.481 e. The highest BCUT2D eigenvalue weighted by Gasteiger charge is 2.23. The average molecular weight is 270 g/mol. The summed E-state index contributed by atoms with van der Waals surface area (Å²) in [6.07, 6.45) is -0.160. The summed E-state index contributed by atoms with van der Waals surface area (Å²) in [4.78, 5) is 26.3. The topological polar surface area (TPSA) is 79.3 Å². The molecule has 1 rings (SSSR count). The first-order valence-corrected chi connectivity index (χ1v) is 6.53. The average Bonchev–Trinajstić information content (AvgIpc) is 2.62. The number of carbonyl (C=O) groups excluding carboxylic acids is 1. The Balaban J connectivity index is 2.95. The van der Waals surface area contributed by atoms with Crippen LogP contribution in [0.4, 0.5) is 0 Å². The highest BCUT2D eigenvalue weighted by molar-refractivity contribution is 7.09. The number of aromatic nitrogens is 1.